The number of para-hydroxylation sites is 6. The van der Waals surface area contributed by atoms with Gasteiger partial charge in [-0.3, -0.25) is 29.2 Å². The van der Waals surface area contributed by atoms with Gasteiger partial charge in [0.05, 0.1) is 61.4 Å². The van der Waals surface area contributed by atoms with Crippen molar-refractivity contribution < 1.29 is 23.6 Å². The third kappa shape index (κ3) is 20.1. The van der Waals surface area contributed by atoms with Gasteiger partial charge in [-0.05, 0) is 224 Å². The number of piperazine rings is 1. The lowest BCUT2D eigenvalue weighted by Gasteiger charge is -2.39. The van der Waals surface area contributed by atoms with Gasteiger partial charge in [-0.2, -0.15) is 0 Å². The highest BCUT2D eigenvalue weighted by Crippen LogP contribution is 2.40. The number of nitrogens with one attached hydrogen (secondary N) is 2. The minimum atomic E-state index is -0.266. The van der Waals surface area contributed by atoms with Crippen LogP contribution in [0.15, 0.2) is 180 Å². The fourth-order valence-corrected chi connectivity index (χ4v) is 20.1. The maximum atomic E-state index is 14.8. The monoisotopic (exact) mass is 1740 g/mol. The highest BCUT2D eigenvalue weighted by Gasteiger charge is 2.36. The van der Waals surface area contributed by atoms with Crippen molar-refractivity contribution in [3.05, 3.63) is 213 Å². The molecule has 0 bridgehead atoms. The van der Waals surface area contributed by atoms with Gasteiger partial charge in [0.15, 0.2) is 0 Å². The number of halogens is 5. The Labute approximate surface area is 743 Å². The van der Waals surface area contributed by atoms with Gasteiger partial charge in [0.2, 0.25) is 23.6 Å². The number of nitrogens with zero attached hydrogens (tertiary/aromatic N) is 14. The summed E-state index contributed by atoms with van der Waals surface area (Å²) < 4.78 is 16.7. The van der Waals surface area contributed by atoms with Crippen molar-refractivity contribution in [2.24, 2.45) is 40.7 Å². The molecule has 4 amide bonds. The lowest BCUT2D eigenvalue weighted by Crippen LogP contribution is -2.51. The Morgan fingerprint density at radius 1 is 0.390 bits per heavy atom. The number of aromatic amines is 1. The van der Waals surface area contributed by atoms with Gasteiger partial charge in [-0.25, -0.2) is 14.4 Å². The van der Waals surface area contributed by atoms with E-state index < -0.39 is 0 Å². The Morgan fingerprint density at radius 3 is 1.37 bits per heavy atom. The first-order valence-corrected chi connectivity index (χ1v) is 45.6. The summed E-state index contributed by atoms with van der Waals surface area (Å²) in [7, 11) is 4.04. The number of benzene rings is 8. The van der Waals surface area contributed by atoms with E-state index in [1.807, 2.05) is 103 Å². The molecule has 1 atom stereocenters. The molecule has 1 unspecified atom stereocenters. The molecule has 8 aromatic carbocycles. The average molecular weight is 1740 g/mol. The van der Waals surface area contributed by atoms with Crippen LogP contribution in [0.25, 0.3) is 44.8 Å². The van der Waals surface area contributed by atoms with Gasteiger partial charge >= 0.3 is 0 Å². The standard InChI is InChI=1S/C25H29ClN4O.C25H29FN4O.C24H28ClN5O.C24H26ClN3O.ClH/c26-22-7-6-20(17-21(22)24-16-19-4-1-2-5-23(19)28-24)29-13-8-18(9-14-29)25(31)30-12-3-10-27-11-15-30;1-28-23-8-4-3-7-22(23)27-24(28)20-17-19(9-10-21(20)26)29-15-11-18(12-16-29)25(31)30-13-5-2-6-14-30;1-28-11-13-29(14-12-28)24(31)17-5-4-10-30(16-17)18-8-9-20(25)19(15-18)23-26-21-6-2-3-7-22(21)27-23;25-21-8-7-19(16-20(21)23-15-18-5-1-2-6-22(18)26-23)27-13-9-17(10-14-27)24(29)28-11-3-4-12-28;/h1-2,4-7,17-18,27H,3,8-16H2;3-4,7-10,17-18H,2,5-6,11-16H2,1H3;2-3,6-9,15,17H,4-5,10-14,16H2,1H3,(H,26,27);1-2,5-8,16-17H,3-4,9-15H2;1H. The summed E-state index contributed by atoms with van der Waals surface area (Å²) in [5.74, 6) is 3.01. The van der Waals surface area contributed by atoms with Crippen LogP contribution in [-0.2, 0) is 39.1 Å². The molecule has 0 saturated carbocycles. The van der Waals surface area contributed by atoms with E-state index in [1.165, 1.54) is 35.0 Å². The number of rotatable bonds is 12. The minimum absolute atomic E-state index is 0. The Kier molecular flexibility index (Phi) is 28.2. The maximum Gasteiger partial charge on any atom is 0.227 e. The van der Waals surface area contributed by atoms with Crippen LogP contribution >= 0.6 is 47.2 Å². The van der Waals surface area contributed by atoms with Crippen molar-refractivity contribution in [3.8, 4) is 22.8 Å². The smallest absolute Gasteiger partial charge is 0.227 e. The number of H-pyrrole nitrogens is 1. The molecule has 25 heteroatoms. The molecule has 10 aromatic rings. The first-order valence-electron chi connectivity index (χ1n) is 44.5. The number of likely N-dealkylation sites (N-methyl/N-ethyl adjacent to an activating group) is 1. The molecule has 123 heavy (non-hydrogen) atoms. The summed E-state index contributed by atoms with van der Waals surface area (Å²) in [5.41, 5.74) is 18.3. The van der Waals surface area contributed by atoms with Gasteiger partial charge in [-0.15, -0.1) is 12.4 Å². The first kappa shape index (κ1) is 86.6. The quantitative estimate of drug-likeness (QED) is 0.118. The lowest BCUT2D eigenvalue weighted by atomic mass is 9.94. The number of piperidine rings is 5. The number of anilines is 4. The summed E-state index contributed by atoms with van der Waals surface area (Å²) in [6, 6.07) is 56.3. The molecule has 12 heterocycles. The second-order valence-corrected chi connectivity index (χ2v) is 35.7. The predicted molar refractivity (Wildman–Crippen MR) is 500 cm³/mol. The van der Waals surface area contributed by atoms with Crippen LogP contribution in [0.4, 0.5) is 38.5 Å². The van der Waals surface area contributed by atoms with Gasteiger partial charge < -0.3 is 59.0 Å². The van der Waals surface area contributed by atoms with Crippen LogP contribution < -0.4 is 24.9 Å². The first-order chi connectivity index (χ1) is 59.6. The van der Waals surface area contributed by atoms with Crippen LogP contribution in [0, 0.1) is 29.5 Å². The summed E-state index contributed by atoms with van der Waals surface area (Å²) in [5, 5.41) is 5.55. The third-order valence-electron chi connectivity index (χ3n) is 26.6. The number of hydrogen-bond donors (Lipinski definition) is 2. The van der Waals surface area contributed by atoms with Gasteiger partial charge in [0.1, 0.15) is 17.5 Å². The van der Waals surface area contributed by atoms with Crippen molar-refractivity contribution >= 4 is 138 Å². The molecular weight excluding hydrogens is 1630 g/mol. The highest BCUT2D eigenvalue weighted by molar-refractivity contribution is 6.35. The number of fused-ring (bicyclic) bond motifs is 4. The highest BCUT2D eigenvalue weighted by atomic mass is 35.5. The molecule has 0 spiro atoms. The largest absolute Gasteiger partial charge is 0.371 e. The molecular formula is C98H113Cl4FN16O4. The van der Waals surface area contributed by atoms with E-state index in [9.17, 15) is 23.6 Å². The van der Waals surface area contributed by atoms with E-state index in [0.29, 0.717) is 40.0 Å². The van der Waals surface area contributed by atoms with E-state index in [-0.39, 0.29) is 41.9 Å². The number of likely N-dealkylation sites (tertiary alicyclic amines) is 2. The molecule has 10 aliphatic heterocycles. The molecule has 2 aromatic heterocycles. The van der Waals surface area contributed by atoms with E-state index >= 15 is 0 Å². The number of carbonyl (C=O) groups is 4. The third-order valence-corrected chi connectivity index (χ3v) is 27.6. The van der Waals surface area contributed by atoms with Crippen LogP contribution in [0.5, 0.6) is 0 Å². The molecule has 2 N–H and O–H groups in total. The number of carbonyl (C=O) groups excluding carboxylic acids is 4. The topological polar surface area (TPSA) is 181 Å². The van der Waals surface area contributed by atoms with Crippen LogP contribution in [0.2, 0.25) is 15.1 Å². The van der Waals surface area contributed by atoms with Gasteiger partial charge in [-0.1, -0.05) is 95.5 Å². The molecule has 20 nitrogen and oxygen atoms in total. The van der Waals surface area contributed by atoms with Gasteiger partial charge in [0.25, 0.3) is 0 Å². The zero-order valence-corrected chi connectivity index (χ0v) is 73.8. The van der Waals surface area contributed by atoms with Crippen LogP contribution in [0.1, 0.15) is 112 Å². The molecule has 8 saturated heterocycles. The Bertz CT molecular complexity index is 5440. The number of amides is 4. The second kappa shape index (κ2) is 40.0. The zero-order chi connectivity index (χ0) is 83.7. The summed E-state index contributed by atoms with van der Waals surface area (Å²) in [6.07, 6.45) is 15.9. The van der Waals surface area contributed by atoms with Crippen LogP contribution in [0.3, 0.4) is 0 Å². The number of hydrogen-bond acceptors (Lipinski definition) is 14. The second-order valence-electron chi connectivity index (χ2n) is 34.5. The zero-order valence-electron chi connectivity index (χ0n) is 70.7. The molecule has 644 valence electrons. The number of imidazole rings is 2. The Balaban J connectivity index is 0.000000121. The molecule has 10 aliphatic rings. The molecule has 0 radical (unpaired) electrons. The van der Waals surface area contributed by atoms with E-state index in [4.69, 9.17) is 49.8 Å². The van der Waals surface area contributed by atoms with Crippen LogP contribution in [-0.4, -0.2) is 217 Å². The van der Waals surface area contributed by atoms with Gasteiger partial charge in [0, 0.05) is 211 Å². The molecule has 20 rings (SSSR count). The Hall–Kier alpha value is -9.87. The summed E-state index contributed by atoms with van der Waals surface area (Å²) in [6.45, 7) is 17.9. The molecule has 8 fully saturated rings. The van der Waals surface area contributed by atoms with Crippen molar-refractivity contribution in [3.63, 3.8) is 0 Å². The fourth-order valence-electron chi connectivity index (χ4n) is 19.4. The minimum Gasteiger partial charge on any atom is -0.371 e. The summed E-state index contributed by atoms with van der Waals surface area (Å²) >= 11 is 19.7. The van der Waals surface area contributed by atoms with Crippen molar-refractivity contribution in [1.29, 1.82) is 0 Å². The lowest BCUT2D eigenvalue weighted by molar-refractivity contribution is -0.138. The van der Waals surface area contributed by atoms with E-state index in [2.05, 4.69) is 139 Å². The number of aromatic nitrogens is 4. The Morgan fingerprint density at radius 2 is 0.829 bits per heavy atom. The number of aryl methyl sites for hydroxylation is 1. The van der Waals surface area contributed by atoms with E-state index in [0.717, 1.165) is 316 Å². The van der Waals surface area contributed by atoms with Crippen molar-refractivity contribution in [1.82, 2.24) is 49.3 Å². The van der Waals surface area contributed by atoms with Crippen molar-refractivity contribution in [2.45, 2.75) is 103 Å². The SMILES string of the molecule is CN1CCN(C(=O)C2CCCN(c3ccc(Cl)c(-c4nc5ccccc5[nH]4)c3)C2)CC1.Cl.Cn1c(-c2cc(N3CCC(C(=O)N4CCCCC4)CC3)ccc2F)nc2ccccc21.O=C(C1CCN(c2ccc(Cl)c(C3=Nc4ccccc4C3)c2)CC1)N1CCCC1.O=C(C1CCN(c2ccc(Cl)c(C3=Nc4ccccc4C3)c2)CC1)N1CCCNCC1. The average Bonchev–Trinajstić information content (AvgIpc) is 1.73. The summed E-state index contributed by atoms with van der Waals surface area (Å²) in [4.78, 5) is 93.9. The number of aliphatic imine (C=N–C) groups is 2. The predicted octanol–water partition coefficient (Wildman–Crippen LogP) is 17.8. The normalized spacial score (nSPS) is 19.2. The van der Waals surface area contributed by atoms with E-state index in [1.54, 1.807) is 0 Å². The maximum absolute atomic E-state index is 14.8. The molecule has 0 aliphatic carbocycles. The van der Waals surface area contributed by atoms with Crippen molar-refractivity contribution in [2.75, 3.05) is 158 Å². The fraction of sp³-hybridized carbons (Fsp3) is 0.429.